The van der Waals surface area contributed by atoms with Gasteiger partial charge in [-0.15, -0.1) is 0 Å². The lowest BCUT2D eigenvalue weighted by molar-refractivity contribution is 0.0999. The van der Waals surface area contributed by atoms with Crippen LogP contribution in [0.25, 0.3) is 0 Å². The molecule has 0 spiro atoms. The van der Waals surface area contributed by atoms with E-state index < -0.39 is 0 Å². The van der Waals surface area contributed by atoms with Gasteiger partial charge in [0.25, 0.3) is 0 Å². The maximum atomic E-state index is 11.0. The molecule has 66 valence electrons. The quantitative estimate of drug-likeness (QED) is 0.698. The van der Waals surface area contributed by atoms with Crippen molar-refractivity contribution in [3.8, 4) is 0 Å². The first-order chi connectivity index (χ1) is 5.57. The first-order valence-corrected chi connectivity index (χ1v) is 4.26. The molecule has 3 nitrogen and oxygen atoms in total. The molecule has 0 amide bonds. The number of rotatable bonds is 2. The van der Waals surface area contributed by atoms with E-state index in [9.17, 15) is 4.79 Å². The summed E-state index contributed by atoms with van der Waals surface area (Å²) in [4.78, 5) is 14.8. The molecule has 1 aromatic heterocycles. The molecule has 0 aliphatic heterocycles. The van der Waals surface area contributed by atoms with Gasteiger partial charge in [-0.05, 0) is 6.92 Å². The van der Waals surface area contributed by atoms with Crippen LogP contribution in [0.4, 0.5) is 0 Å². The van der Waals surface area contributed by atoms with Crippen LogP contribution in [0.5, 0.6) is 0 Å². The normalized spacial score (nSPS) is 10.3. The molecule has 0 radical (unpaired) electrons. The van der Waals surface area contributed by atoms with Gasteiger partial charge < -0.3 is 4.57 Å². The van der Waals surface area contributed by atoms with Crippen molar-refractivity contribution in [3.63, 3.8) is 0 Å². The molecule has 1 heterocycles. The molecule has 1 aromatic rings. The fourth-order valence-corrected chi connectivity index (χ4v) is 1.39. The molecule has 0 atom stereocenters. The number of carbonyl (C=O) groups excluding carboxylic acids is 1. The lowest BCUT2D eigenvalue weighted by Crippen LogP contribution is -2.06. The lowest BCUT2D eigenvalue weighted by Gasteiger charge is -2.00. The number of ketones is 1. The van der Waals surface area contributed by atoms with Gasteiger partial charge in [-0.3, -0.25) is 4.79 Å². The second kappa shape index (κ2) is 3.46. The zero-order valence-electron chi connectivity index (χ0n) is 6.77. The van der Waals surface area contributed by atoms with E-state index in [1.807, 2.05) is 6.92 Å². The van der Waals surface area contributed by atoms with E-state index in [-0.39, 0.29) is 10.9 Å². The van der Waals surface area contributed by atoms with E-state index in [1.165, 1.54) is 6.92 Å². The summed E-state index contributed by atoms with van der Waals surface area (Å²) in [5.41, 5.74) is 0. The number of halogens is 2. The average Bonchev–Trinajstić information content (AvgIpc) is 2.29. The Morgan fingerprint density at radius 2 is 2.17 bits per heavy atom. The van der Waals surface area contributed by atoms with Gasteiger partial charge in [-0.25, -0.2) is 4.98 Å². The molecule has 0 fully saturated rings. The molecule has 0 N–H and O–H groups in total. The third-order valence-corrected chi connectivity index (χ3v) is 2.24. The van der Waals surface area contributed by atoms with Crippen molar-refractivity contribution in [2.45, 2.75) is 20.4 Å². The fraction of sp³-hybridized carbons (Fsp3) is 0.429. The average molecular weight is 207 g/mol. The van der Waals surface area contributed by atoms with Gasteiger partial charge in [0.2, 0.25) is 0 Å². The van der Waals surface area contributed by atoms with Gasteiger partial charge in [-0.1, -0.05) is 23.2 Å². The van der Waals surface area contributed by atoms with Crippen LogP contribution in [-0.4, -0.2) is 15.3 Å². The van der Waals surface area contributed by atoms with E-state index in [4.69, 9.17) is 23.2 Å². The smallest absolute Gasteiger partial charge is 0.195 e. The number of carbonyl (C=O) groups is 1. The van der Waals surface area contributed by atoms with E-state index >= 15 is 0 Å². The number of hydrogen-bond acceptors (Lipinski definition) is 2. The van der Waals surface area contributed by atoms with Crippen molar-refractivity contribution in [2.75, 3.05) is 0 Å². The number of aromatic nitrogens is 2. The van der Waals surface area contributed by atoms with Gasteiger partial charge in [0.15, 0.2) is 16.8 Å². The molecule has 0 aliphatic carbocycles. The van der Waals surface area contributed by atoms with E-state index in [2.05, 4.69) is 4.98 Å². The van der Waals surface area contributed by atoms with Crippen molar-refractivity contribution < 1.29 is 4.79 Å². The highest BCUT2D eigenvalue weighted by Gasteiger charge is 2.15. The molecule has 0 saturated heterocycles. The van der Waals surface area contributed by atoms with E-state index in [0.29, 0.717) is 17.5 Å². The molecule has 0 saturated carbocycles. The minimum atomic E-state index is -0.134. The Hall–Kier alpha value is -0.540. The largest absolute Gasteiger partial charge is 0.312 e. The summed E-state index contributed by atoms with van der Waals surface area (Å²) < 4.78 is 1.58. The van der Waals surface area contributed by atoms with Crippen LogP contribution < -0.4 is 0 Å². The second-order valence-electron chi connectivity index (χ2n) is 2.32. The van der Waals surface area contributed by atoms with Crippen molar-refractivity contribution in [2.24, 2.45) is 0 Å². The second-order valence-corrected chi connectivity index (χ2v) is 3.03. The highest BCUT2D eigenvalue weighted by Crippen LogP contribution is 2.22. The maximum absolute atomic E-state index is 11.0. The zero-order valence-corrected chi connectivity index (χ0v) is 8.28. The van der Waals surface area contributed by atoms with Crippen molar-refractivity contribution in [1.82, 2.24) is 9.55 Å². The first kappa shape index (κ1) is 9.55. The van der Waals surface area contributed by atoms with Crippen molar-refractivity contribution in [3.05, 3.63) is 16.1 Å². The Morgan fingerprint density at radius 3 is 2.50 bits per heavy atom. The molecule has 0 bridgehead atoms. The van der Waals surface area contributed by atoms with Gasteiger partial charge in [-0.2, -0.15) is 0 Å². The van der Waals surface area contributed by atoms with Crippen LogP contribution in [0.3, 0.4) is 0 Å². The van der Waals surface area contributed by atoms with Crippen molar-refractivity contribution >= 4 is 29.0 Å². The van der Waals surface area contributed by atoms with Gasteiger partial charge in [0.1, 0.15) is 5.15 Å². The third-order valence-electron chi connectivity index (χ3n) is 1.50. The van der Waals surface area contributed by atoms with Crippen LogP contribution in [0.1, 0.15) is 24.5 Å². The summed E-state index contributed by atoms with van der Waals surface area (Å²) in [7, 11) is 0. The molecule has 0 aliphatic rings. The van der Waals surface area contributed by atoms with Crippen LogP contribution >= 0.6 is 23.2 Å². The molecular formula is C7H8Cl2N2O. The minimum absolute atomic E-state index is 0.134. The molecule has 12 heavy (non-hydrogen) atoms. The number of nitrogens with zero attached hydrogens (tertiary/aromatic N) is 2. The highest BCUT2D eigenvalue weighted by atomic mass is 35.5. The molecule has 1 rings (SSSR count). The Labute approximate surface area is 80.3 Å². The van der Waals surface area contributed by atoms with Gasteiger partial charge in [0.05, 0.1) is 0 Å². The minimum Gasteiger partial charge on any atom is -0.312 e. The molecule has 5 heteroatoms. The zero-order chi connectivity index (χ0) is 9.30. The summed E-state index contributed by atoms with van der Waals surface area (Å²) >= 11 is 11.4. The fourth-order valence-electron chi connectivity index (χ4n) is 0.961. The predicted molar refractivity (Wildman–Crippen MR) is 47.9 cm³/mol. The lowest BCUT2D eigenvalue weighted by atomic mass is 10.4. The molecular weight excluding hydrogens is 199 g/mol. The van der Waals surface area contributed by atoms with E-state index in [0.717, 1.165) is 0 Å². The molecule has 0 unspecified atom stereocenters. The summed E-state index contributed by atoms with van der Waals surface area (Å²) in [6.45, 7) is 3.89. The Bertz CT molecular complexity index is 319. The molecule has 0 aromatic carbocycles. The van der Waals surface area contributed by atoms with Crippen LogP contribution in [0.15, 0.2) is 0 Å². The summed E-state index contributed by atoms with van der Waals surface area (Å²) in [6.07, 6.45) is 0. The number of imidazole rings is 1. The first-order valence-electron chi connectivity index (χ1n) is 3.50. The van der Waals surface area contributed by atoms with Gasteiger partial charge in [0, 0.05) is 13.5 Å². The van der Waals surface area contributed by atoms with E-state index in [1.54, 1.807) is 4.57 Å². The SMILES string of the molecule is CCn1c(C(C)=O)nc(Cl)c1Cl. The summed E-state index contributed by atoms with van der Waals surface area (Å²) in [5.74, 6) is 0.179. The Balaban J connectivity index is 3.29. The maximum Gasteiger partial charge on any atom is 0.195 e. The predicted octanol–water partition coefficient (Wildman–Crippen LogP) is 2.41. The highest BCUT2D eigenvalue weighted by molar-refractivity contribution is 6.40. The third kappa shape index (κ3) is 1.47. The monoisotopic (exact) mass is 206 g/mol. The van der Waals surface area contributed by atoms with Crippen LogP contribution in [0, 0.1) is 0 Å². The number of hydrogen-bond donors (Lipinski definition) is 0. The Morgan fingerprint density at radius 1 is 1.58 bits per heavy atom. The van der Waals surface area contributed by atoms with Gasteiger partial charge >= 0.3 is 0 Å². The summed E-state index contributed by atoms with van der Waals surface area (Å²) in [6, 6.07) is 0. The van der Waals surface area contributed by atoms with Crippen molar-refractivity contribution in [1.29, 1.82) is 0 Å². The summed E-state index contributed by atoms with van der Waals surface area (Å²) in [5, 5.41) is 0.507. The van der Waals surface area contributed by atoms with Crippen LogP contribution in [0.2, 0.25) is 10.3 Å². The standard InChI is InChI=1S/C7H8Cl2N2O/c1-3-11-6(9)5(8)10-7(11)4(2)12/h3H2,1-2H3. The Kier molecular flexibility index (Phi) is 2.75. The topological polar surface area (TPSA) is 34.9 Å². The number of Topliss-reactive ketones (excluding diaryl/α,β-unsaturated/α-hetero) is 1. The van der Waals surface area contributed by atoms with Crippen LogP contribution in [-0.2, 0) is 6.54 Å².